The lowest BCUT2D eigenvalue weighted by Crippen LogP contribution is -2.35. The number of phenolic OH excluding ortho intramolecular Hbond substituents is 1. The first kappa shape index (κ1) is 27.4. The summed E-state index contributed by atoms with van der Waals surface area (Å²) in [6.45, 7) is 4.04. The SMILES string of the molecule is CC1=NCCN(c2cc(-c3cc(F)cc(-c4ccc(-n5ccn(C)c5=O)c(Cl)c4)c3O)cc(OCCCO)n2)C1. The molecule has 9 nitrogen and oxygen atoms in total. The van der Waals surface area contributed by atoms with E-state index in [2.05, 4.69) is 9.98 Å². The van der Waals surface area contributed by atoms with Crippen LogP contribution < -0.4 is 15.3 Å². The van der Waals surface area contributed by atoms with Crippen molar-refractivity contribution in [2.45, 2.75) is 13.3 Å². The van der Waals surface area contributed by atoms with Crippen molar-refractivity contribution in [3.8, 4) is 39.6 Å². The van der Waals surface area contributed by atoms with Gasteiger partial charge >= 0.3 is 5.69 Å². The number of benzene rings is 2. The van der Waals surface area contributed by atoms with Crippen LogP contribution >= 0.6 is 11.6 Å². The van der Waals surface area contributed by atoms with E-state index in [1.165, 1.54) is 21.3 Å². The number of anilines is 1. The smallest absolute Gasteiger partial charge is 0.332 e. The molecule has 4 aromatic rings. The van der Waals surface area contributed by atoms with Gasteiger partial charge in [-0.15, -0.1) is 0 Å². The summed E-state index contributed by atoms with van der Waals surface area (Å²) in [5.74, 6) is 0.213. The van der Waals surface area contributed by atoms with Gasteiger partial charge in [-0.3, -0.25) is 9.56 Å². The molecule has 11 heteroatoms. The first-order valence-electron chi connectivity index (χ1n) is 12.8. The molecule has 0 spiro atoms. The fourth-order valence-electron chi connectivity index (χ4n) is 4.64. The fraction of sp³-hybridized carbons (Fsp3) is 0.276. The number of aliphatic imine (C=N–C) groups is 1. The van der Waals surface area contributed by atoms with E-state index >= 15 is 4.39 Å². The molecule has 2 aromatic heterocycles. The third kappa shape index (κ3) is 5.59. The van der Waals surface area contributed by atoms with Crippen molar-refractivity contribution in [3.63, 3.8) is 0 Å². The third-order valence-electron chi connectivity index (χ3n) is 6.69. The molecule has 2 N–H and O–H groups in total. The number of aryl methyl sites for hydroxylation is 1. The molecular formula is C29H29ClFN5O4. The van der Waals surface area contributed by atoms with E-state index in [1.54, 1.807) is 49.8 Å². The van der Waals surface area contributed by atoms with Crippen molar-refractivity contribution in [3.05, 3.63) is 76.2 Å². The Morgan fingerprint density at radius 3 is 2.55 bits per heavy atom. The number of halogens is 2. The zero-order valence-corrected chi connectivity index (χ0v) is 22.9. The Bertz CT molecular complexity index is 1650. The number of aromatic nitrogens is 3. The molecule has 0 radical (unpaired) electrons. The molecule has 0 saturated carbocycles. The molecule has 0 saturated heterocycles. The second-order valence-electron chi connectivity index (χ2n) is 9.59. The van der Waals surface area contributed by atoms with E-state index in [-0.39, 0.29) is 40.8 Å². The molecule has 0 unspecified atom stereocenters. The molecule has 0 aliphatic carbocycles. The van der Waals surface area contributed by atoms with Crippen molar-refractivity contribution in [2.75, 3.05) is 37.7 Å². The highest BCUT2D eigenvalue weighted by Crippen LogP contribution is 2.41. The van der Waals surface area contributed by atoms with Crippen LogP contribution in [0.2, 0.25) is 5.02 Å². The first-order valence-corrected chi connectivity index (χ1v) is 13.2. The number of hydrogen-bond donors (Lipinski definition) is 2. The molecule has 0 atom stereocenters. The minimum Gasteiger partial charge on any atom is -0.507 e. The average Bonchev–Trinajstić information content (AvgIpc) is 3.27. The molecule has 208 valence electrons. The molecule has 2 aromatic carbocycles. The summed E-state index contributed by atoms with van der Waals surface area (Å²) >= 11 is 6.54. The quantitative estimate of drug-likeness (QED) is 0.306. The number of aliphatic hydroxyl groups is 1. The molecule has 5 rings (SSSR count). The standard InChI is InChI=1S/C29H29ClFN5O4/c1-18-17-35(7-6-32-18)26-13-20(14-27(33-26)40-11-3-10-37)23-16-21(31)15-22(28(23)38)19-4-5-25(24(30)12-19)36-9-8-34(2)29(36)39/h4-5,8-9,12-16,37-38H,3,6-7,10-11,17H2,1-2H3. The van der Waals surface area contributed by atoms with Gasteiger partial charge in [-0.25, -0.2) is 9.18 Å². The van der Waals surface area contributed by atoms with Gasteiger partial charge in [0.1, 0.15) is 17.4 Å². The molecule has 1 aliphatic heterocycles. The van der Waals surface area contributed by atoms with Gasteiger partial charge in [-0.1, -0.05) is 17.7 Å². The van der Waals surface area contributed by atoms with Gasteiger partial charge < -0.3 is 24.4 Å². The Morgan fingerprint density at radius 1 is 1.10 bits per heavy atom. The monoisotopic (exact) mass is 565 g/mol. The maximum atomic E-state index is 15.0. The summed E-state index contributed by atoms with van der Waals surface area (Å²) in [6.07, 6.45) is 3.66. The van der Waals surface area contributed by atoms with Crippen LogP contribution in [0.15, 0.2) is 64.6 Å². The number of pyridine rings is 1. The van der Waals surface area contributed by atoms with Crippen LogP contribution in [0.5, 0.6) is 11.6 Å². The summed E-state index contributed by atoms with van der Waals surface area (Å²) in [7, 11) is 1.64. The lowest BCUT2D eigenvalue weighted by molar-refractivity contribution is 0.229. The summed E-state index contributed by atoms with van der Waals surface area (Å²) in [5.41, 5.74) is 2.67. The maximum Gasteiger partial charge on any atom is 0.332 e. The number of nitrogens with zero attached hydrogens (tertiary/aromatic N) is 5. The number of rotatable bonds is 8. The Balaban J connectivity index is 1.57. The number of imidazole rings is 1. The van der Waals surface area contributed by atoms with Crippen molar-refractivity contribution in [1.82, 2.24) is 14.1 Å². The number of ether oxygens (including phenoxy) is 1. The van der Waals surface area contributed by atoms with Gasteiger partial charge in [-0.2, -0.15) is 4.98 Å². The van der Waals surface area contributed by atoms with Crippen LogP contribution in [0.25, 0.3) is 27.9 Å². The van der Waals surface area contributed by atoms with E-state index in [0.29, 0.717) is 54.6 Å². The van der Waals surface area contributed by atoms with Crippen LogP contribution in [0.3, 0.4) is 0 Å². The Hall–Kier alpha value is -4.15. The van der Waals surface area contributed by atoms with Crippen molar-refractivity contribution >= 4 is 23.1 Å². The van der Waals surface area contributed by atoms with Gasteiger partial charge in [0.15, 0.2) is 0 Å². The van der Waals surface area contributed by atoms with Gasteiger partial charge in [-0.05, 0) is 48.4 Å². The highest BCUT2D eigenvalue weighted by atomic mass is 35.5. The second kappa shape index (κ2) is 11.5. The predicted molar refractivity (Wildman–Crippen MR) is 154 cm³/mol. The number of aliphatic hydroxyl groups excluding tert-OH is 1. The van der Waals surface area contributed by atoms with Gasteiger partial charge in [0.05, 0.1) is 30.4 Å². The molecular weight excluding hydrogens is 537 g/mol. The van der Waals surface area contributed by atoms with Gasteiger partial charge in [0, 0.05) is 61.9 Å². The predicted octanol–water partition coefficient (Wildman–Crippen LogP) is 4.45. The average molecular weight is 566 g/mol. The summed E-state index contributed by atoms with van der Waals surface area (Å²) in [4.78, 5) is 23.5. The highest BCUT2D eigenvalue weighted by molar-refractivity contribution is 6.32. The third-order valence-corrected chi connectivity index (χ3v) is 6.99. The van der Waals surface area contributed by atoms with Crippen LogP contribution in [0.1, 0.15) is 13.3 Å². The largest absolute Gasteiger partial charge is 0.507 e. The Morgan fingerprint density at radius 2 is 1.88 bits per heavy atom. The lowest BCUT2D eigenvalue weighted by atomic mass is 9.97. The van der Waals surface area contributed by atoms with Crippen LogP contribution in [0, 0.1) is 5.82 Å². The minimum atomic E-state index is -0.552. The van der Waals surface area contributed by atoms with Crippen LogP contribution in [0.4, 0.5) is 10.2 Å². The van der Waals surface area contributed by atoms with E-state index in [0.717, 1.165) is 5.71 Å². The van der Waals surface area contributed by atoms with Crippen molar-refractivity contribution in [1.29, 1.82) is 0 Å². The minimum absolute atomic E-state index is 0.0252. The van der Waals surface area contributed by atoms with Gasteiger partial charge in [0.25, 0.3) is 0 Å². The fourth-order valence-corrected chi connectivity index (χ4v) is 4.91. The van der Waals surface area contributed by atoms with Gasteiger partial charge in [0.2, 0.25) is 5.88 Å². The van der Waals surface area contributed by atoms with E-state index in [1.807, 2.05) is 11.8 Å². The molecule has 0 bridgehead atoms. The molecule has 3 heterocycles. The maximum absolute atomic E-state index is 15.0. The zero-order chi connectivity index (χ0) is 28.4. The molecule has 1 aliphatic rings. The summed E-state index contributed by atoms with van der Waals surface area (Å²) in [6, 6.07) is 10.8. The van der Waals surface area contributed by atoms with Crippen LogP contribution in [-0.2, 0) is 7.05 Å². The van der Waals surface area contributed by atoms with Crippen LogP contribution in [-0.4, -0.2) is 62.9 Å². The van der Waals surface area contributed by atoms with Crippen molar-refractivity contribution in [2.24, 2.45) is 12.0 Å². The van der Waals surface area contributed by atoms with E-state index in [4.69, 9.17) is 21.4 Å². The molecule has 40 heavy (non-hydrogen) atoms. The summed E-state index contributed by atoms with van der Waals surface area (Å²) < 4.78 is 23.7. The van der Waals surface area contributed by atoms with E-state index < -0.39 is 5.82 Å². The number of hydrogen-bond acceptors (Lipinski definition) is 7. The lowest BCUT2D eigenvalue weighted by Gasteiger charge is -2.27. The normalized spacial score (nSPS) is 13.4. The Kier molecular flexibility index (Phi) is 7.90. The van der Waals surface area contributed by atoms with Crippen molar-refractivity contribution < 1.29 is 19.3 Å². The highest BCUT2D eigenvalue weighted by Gasteiger charge is 2.20. The molecule has 0 fully saturated rings. The zero-order valence-electron chi connectivity index (χ0n) is 22.1. The summed E-state index contributed by atoms with van der Waals surface area (Å²) in [5, 5.41) is 20.8. The molecule has 0 amide bonds. The first-order chi connectivity index (χ1) is 19.2. The second-order valence-corrected chi connectivity index (χ2v) is 10.0. The number of phenols is 1. The van der Waals surface area contributed by atoms with E-state index in [9.17, 15) is 9.90 Å². The number of aromatic hydroxyl groups is 1. The Labute approximate surface area is 235 Å². The topological polar surface area (TPSA) is 105 Å².